The maximum Gasteiger partial charge on any atom is 0.248 e. The van der Waals surface area contributed by atoms with Gasteiger partial charge in [0, 0.05) is 18.5 Å². The number of nitrogens with two attached hydrogens (primary N) is 2. The fourth-order valence-electron chi connectivity index (χ4n) is 2.01. The second kappa shape index (κ2) is 4.89. The Morgan fingerprint density at radius 1 is 1.32 bits per heavy atom. The van der Waals surface area contributed by atoms with Crippen molar-refractivity contribution >= 4 is 35.0 Å². The summed E-state index contributed by atoms with van der Waals surface area (Å²) in [5, 5.41) is 0.231. The van der Waals surface area contributed by atoms with Crippen LogP contribution in [-0.4, -0.2) is 24.3 Å². The summed E-state index contributed by atoms with van der Waals surface area (Å²) in [4.78, 5) is 35.3. The average molecular weight is 282 g/mol. The highest BCUT2D eigenvalue weighted by atomic mass is 35.5. The van der Waals surface area contributed by atoms with Gasteiger partial charge in [0.25, 0.3) is 0 Å². The molecule has 0 bridgehead atoms. The minimum absolute atomic E-state index is 0.0727. The van der Waals surface area contributed by atoms with Gasteiger partial charge < -0.3 is 16.4 Å². The molecule has 1 aliphatic heterocycles. The van der Waals surface area contributed by atoms with Crippen molar-refractivity contribution < 1.29 is 14.4 Å². The Kier molecular flexibility index (Phi) is 3.44. The molecule has 0 radical (unpaired) electrons. The topological polar surface area (TPSA) is 106 Å². The summed E-state index contributed by atoms with van der Waals surface area (Å²) in [6, 6.07) is 4.40. The van der Waals surface area contributed by atoms with E-state index in [0.29, 0.717) is 5.69 Å². The highest BCUT2D eigenvalue weighted by Crippen LogP contribution is 2.31. The van der Waals surface area contributed by atoms with Crippen LogP contribution in [0.15, 0.2) is 18.2 Å². The van der Waals surface area contributed by atoms with Crippen molar-refractivity contribution in [3.05, 3.63) is 28.8 Å². The molecule has 7 heteroatoms. The lowest BCUT2D eigenvalue weighted by atomic mass is 10.1. The number of anilines is 1. The molecule has 0 spiro atoms. The summed E-state index contributed by atoms with van der Waals surface area (Å²) in [6.07, 6.45) is 0.0727. The molecule has 6 nitrogen and oxygen atoms in total. The number of rotatable bonds is 3. The van der Waals surface area contributed by atoms with Crippen molar-refractivity contribution in [1.29, 1.82) is 0 Å². The van der Waals surface area contributed by atoms with Crippen molar-refractivity contribution in [2.45, 2.75) is 6.42 Å². The number of carbonyl (C=O) groups is 3. The van der Waals surface area contributed by atoms with Crippen molar-refractivity contribution in [3.63, 3.8) is 0 Å². The third kappa shape index (κ3) is 2.53. The summed E-state index contributed by atoms with van der Waals surface area (Å²) in [7, 11) is 0. The molecule has 2 rings (SSSR count). The van der Waals surface area contributed by atoms with Crippen LogP contribution in [0, 0.1) is 5.92 Å². The fraction of sp³-hybridized carbons (Fsp3) is 0.250. The van der Waals surface area contributed by atoms with Crippen molar-refractivity contribution in [3.8, 4) is 0 Å². The summed E-state index contributed by atoms with van der Waals surface area (Å²) >= 11 is 6.03. The lowest BCUT2D eigenvalue weighted by Crippen LogP contribution is -2.28. The molecule has 3 amide bonds. The smallest absolute Gasteiger partial charge is 0.248 e. The zero-order valence-electron chi connectivity index (χ0n) is 9.93. The molecule has 0 saturated carbocycles. The van der Waals surface area contributed by atoms with Gasteiger partial charge in [-0.15, -0.1) is 0 Å². The Balaban J connectivity index is 2.30. The molecule has 0 aromatic heterocycles. The van der Waals surface area contributed by atoms with Gasteiger partial charge in [0.05, 0.1) is 16.6 Å². The summed E-state index contributed by atoms with van der Waals surface area (Å²) in [6.45, 7) is 0.198. The van der Waals surface area contributed by atoms with Gasteiger partial charge in [0.1, 0.15) is 0 Å². The summed E-state index contributed by atoms with van der Waals surface area (Å²) < 4.78 is 0. The molecule has 1 atom stereocenters. The van der Waals surface area contributed by atoms with E-state index in [9.17, 15) is 14.4 Å². The van der Waals surface area contributed by atoms with Gasteiger partial charge in [-0.05, 0) is 18.2 Å². The maximum absolute atomic E-state index is 11.8. The second-order valence-corrected chi connectivity index (χ2v) is 4.75. The highest BCUT2D eigenvalue weighted by Gasteiger charge is 2.34. The first-order valence-corrected chi connectivity index (χ1v) is 5.97. The molecule has 1 aliphatic rings. The van der Waals surface area contributed by atoms with Crippen LogP contribution in [0.4, 0.5) is 5.69 Å². The zero-order valence-corrected chi connectivity index (χ0v) is 10.7. The lowest BCUT2D eigenvalue weighted by Gasteiger charge is -2.18. The number of nitrogens with zero attached hydrogens (tertiary/aromatic N) is 1. The van der Waals surface area contributed by atoms with Crippen LogP contribution in [0.3, 0.4) is 0 Å². The molecule has 1 aromatic rings. The van der Waals surface area contributed by atoms with Crippen molar-refractivity contribution in [2.75, 3.05) is 11.4 Å². The molecule has 1 saturated heterocycles. The predicted octanol–water partition coefficient (Wildman–Crippen LogP) is 0.277. The van der Waals surface area contributed by atoms with E-state index in [-0.39, 0.29) is 29.5 Å². The van der Waals surface area contributed by atoms with E-state index in [0.717, 1.165) is 0 Å². The molecule has 1 fully saturated rings. The standard InChI is InChI=1S/C12H12ClN3O3/c13-8-3-6(11(14)18)1-2-9(8)16-5-7(12(15)19)4-10(16)17/h1-3,7H,4-5H2,(H2,14,18)(H2,15,19). The van der Waals surface area contributed by atoms with Gasteiger partial charge >= 0.3 is 0 Å². The van der Waals surface area contributed by atoms with Crippen LogP contribution in [0.25, 0.3) is 0 Å². The van der Waals surface area contributed by atoms with Gasteiger partial charge in [-0.3, -0.25) is 14.4 Å². The number of halogens is 1. The molecule has 19 heavy (non-hydrogen) atoms. The Labute approximate surface area is 114 Å². The molecular weight excluding hydrogens is 270 g/mol. The normalized spacial score (nSPS) is 18.7. The third-order valence-electron chi connectivity index (χ3n) is 3.05. The quantitative estimate of drug-likeness (QED) is 0.831. The average Bonchev–Trinajstić information content (AvgIpc) is 2.71. The van der Waals surface area contributed by atoms with Crippen LogP contribution >= 0.6 is 11.6 Å². The number of benzene rings is 1. The molecule has 4 N–H and O–H groups in total. The van der Waals surface area contributed by atoms with Crippen LogP contribution < -0.4 is 16.4 Å². The van der Waals surface area contributed by atoms with E-state index < -0.39 is 17.7 Å². The first kappa shape index (κ1) is 13.4. The third-order valence-corrected chi connectivity index (χ3v) is 3.35. The molecule has 0 aliphatic carbocycles. The van der Waals surface area contributed by atoms with Gasteiger partial charge in [-0.1, -0.05) is 11.6 Å². The predicted molar refractivity (Wildman–Crippen MR) is 69.6 cm³/mol. The Bertz CT molecular complexity index is 573. The molecular formula is C12H12ClN3O3. The molecule has 1 heterocycles. The van der Waals surface area contributed by atoms with Crippen LogP contribution in [0.1, 0.15) is 16.8 Å². The summed E-state index contributed by atoms with van der Waals surface area (Å²) in [5.41, 5.74) is 11.0. The molecule has 1 unspecified atom stereocenters. The minimum atomic E-state index is -0.601. The van der Waals surface area contributed by atoms with Crippen molar-refractivity contribution in [1.82, 2.24) is 0 Å². The van der Waals surface area contributed by atoms with Crippen LogP contribution in [0.5, 0.6) is 0 Å². The Hall–Kier alpha value is -2.08. The first-order valence-electron chi connectivity index (χ1n) is 5.59. The lowest BCUT2D eigenvalue weighted by molar-refractivity contribution is -0.123. The number of primary amides is 2. The molecule has 1 aromatic carbocycles. The Morgan fingerprint density at radius 2 is 2.00 bits per heavy atom. The van der Waals surface area contributed by atoms with E-state index in [2.05, 4.69) is 0 Å². The van der Waals surface area contributed by atoms with Crippen molar-refractivity contribution in [2.24, 2.45) is 17.4 Å². The number of hydrogen-bond donors (Lipinski definition) is 2. The second-order valence-electron chi connectivity index (χ2n) is 4.34. The summed E-state index contributed by atoms with van der Waals surface area (Å²) in [5.74, 6) is -1.85. The first-order chi connectivity index (χ1) is 8.90. The highest BCUT2D eigenvalue weighted by molar-refractivity contribution is 6.34. The largest absolute Gasteiger partial charge is 0.369 e. The van der Waals surface area contributed by atoms with E-state index in [1.807, 2.05) is 0 Å². The molecule has 100 valence electrons. The Morgan fingerprint density at radius 3 is 2.47 bits per heavy atom. The SMILES string of the molecule is NC(=O)c1ccc(N2CC(C(N)=O)CC2=O)c(Cl)c1. The van der Waals surface area contributed by atoms with E-state index in [4.69, 9.17) is 23.1 Å². The van der Waals surface area contributed by atoms with Crippen LogP contribution in [0.2, 0.25) is 5.02 Å². The number of hydrogen-bond acceptors (Lipinski definition) is 3. The monoisotopic (exact) mass is 281 g/mol. The zero-order chi connectivity index (χ0) is 14.2. The van der Waals surface area contributed by atoms with Gasteiger partial charge in [0.2, 0.25) is 17.7 Å². The number of amides is 3. The maximum atomic E-state index is 11.8. The van der Waals surface area contributed by atoms with E-state index >= 15 is 0 Å². The number of carbonyl (C=O) groups excluding carboxylic acids is 3. The fourth-order valence-corrected chi connectivity index (χ4v) is 2.29. The van der Waals surface area contributed by atoms with E-state index in [1.165, 1.54) is 23.1 Å². The van der Waals surface area contributed by atoms with Gasteiger partial charge in [-0.25, -0.2) is 0 Å². The van der Waals surface area contributed by atoms with Gasteiger partial charge in [-0.2, -0.15) is 0 Å². The van der Waals surface area contributed by atoms with Crippen LogP contribution in [-0.2, 0) is 9.59 Å². The van der Waals surface area contributed by atoms with E-state index in [1.54, 1.807) is 0 Å². The van der Waals surface area contributed by atoms with Gasteiger partial charge in [0.15, 0.2) is 0 Å². The minimum Gasteiger partial charge on any atom is -0.369 e.